The lowest BCUT2D eigenvalue weighted by Crippen LogP contribution is -2.47. The first-order valence-electron chi connectivity index (χ1n) is 7.87. The van der Waals surface area contributed by atoms with Gasteiger partial charge in [-0.25, -0.2) is 0 Å². The van der Waals surface area contributed by atoms with Gasteiger partial charge in [0.15, 0.2) is 0 Å². The van der Waals surface area contributed by atoms with E-state index in [0.717, 1.165) is 32.5 Å². The molecule has 5 heteroatoms. The molecule has 0 saturated carbocycles. The third-order valence-corrected chi connectivity index (χ3v) is 4.73. The van der Waals surface area contributed by atoms with Gasteiger partial charge in [0.05, 0.1) is 11.8 Å². The van der Waals surface area contributed by atoms with Crippen LogP contribution in [0.2, 0.25) is 0 Å². The van der Waals surface area contributed by atoms with Crippen molar-refractivity contribution >= 4 is 5.91 Å². The van der Waals surface area contributed by atoms with E-state index in [2.05, 4.69) is 20.4 Å². The predicted molar refractivity (Wildman–Crippen MR) is 77.5 cm³/mol. The summed E-state index contributed by atoms with van der Waals surface area (Å²) in [5, 5.41) is 10.1. The summed E-state index contributed by atoms with van der Waals surface area (Å²) in [6.45, 7) is 3.09. The molecule has 0 spiro atoms. The summed E-state index contributed by atoms with van der Waals surface area (Å²) in [6.07, 6.45) is 10.5. The molecule has 2 aliphatic rings. The normalized spacial score (nSPS) is 25.4. The van der Waals surface area contributed by atoms with Crippen molar-refractivity contribution in [3.8, 4) is 0 Å². The van der Waals surface area contributed by atoms with Crippen molar-refractivity contribution in [1.82, 2.24) is 20.4 Å². The number of hydrogen-bond donors (Lipinski definition) is 2. The zero-order valence-electron chi connectivity index (χ0n) is 12.0. The lowest BCUT2D eigenvalue weighted by molar-refractivity contribution is 0.0582. The molecule has 3 rings (SSSR count). The number of hydrogen-bond acceptors (Lipinski definition) is 3. The van der Waals surface area contributed by atoms with Crippen molar-refractivity contribution in [2.75, 3.05) is 19.6 Å². The van der Waals surface area contributed by atoms with E-state index in [0.29, 0.717) is 17.5 Å². The molecule has 2 N–H and O–H groups in total. The number of aromatic amines is 1. The monoisotopic (exact) mass is 276 g/mol. The number of H-pyrrole nitrogens is 1. The highest BCUT2D eigenvalue weighted by Gasteiger charge is 2.33. The largest absolute Gasteiger partial charge is 0.335 e. The Labute approximate surface area is 120 Å². The van der Waals surface area contributed by atoms with Crippen LogP contribution >= 0.6 is 0 Å². The number of likely N-dealkylation sites (tertiary alicyclic amines) is 1. The van der Waals surface area contributed by atoms with Gasteiger partial charge in [0, 0.05) is 18.8 Å². The van der Waals surface area contributed by atoms with Crippen LogP contribution in [0.5, 0.6) is 0 Å². The van der Waals surface area contributed by atoms with Crippen LogP contribution in [0.1, 0.15) is 48.9 Å². The Kier molecular flexibility index (Phi) is 4.35. The van der Waals surface area contributed by atoms with Crippen LogP contribution in [0.4, 0.5) is 0 Å². The molecule has 1 amide bonds. The van der Waals surface area contributed by atoms with Gasteiger partial charge in [-0.3, -0.25) is 9.89 Å². The van der Waals surface area contributed by atoms with Crippen LogP contribution in [0.15, 0.2) is 12.4 Å². The van der Waals surface area contributed by atoms with Crippen LogP contribution in [0, 0.1) is 5.92 Å². The van der Waals surface area contributed by atoms with Crippen LogP contribution in [0.25, 0.3) is 0 Å². The first-order chi connectivity index (χ1) is 9.86. The van der Waals surface area contributed by atoms with Crippen molar-refractivity contribution < 1.29 is 4.79 Å². The van der Waals surface area contributed by atoms with Crippen LogP contribution in [-0.4, -0.2) is 46.7 Å². The topological polar surface area (TPSA) is 61.0 Å². The molecule has 0 radical (unpaired) electrons. The molecular formula is C15H24N4O. The molecule has 1 aromatic heterocycles. The van der Waals surface area contributed by atoms with E-state index in [9.17, 15) is 4.79 Å². The molecule has 1 atom stereocenters. The second-order valence-electron chi connectivity index (χ2n) is 5.99. The molecule has 1 unspecified atom stereocenters. The minimum Gasteiger partial charge on any atom is -0.335 e. The fourth-order valence-electron chi connectivity index (χ4n) is 3.64. The summed E-state index contributed by atoms with van der Waals surface area (Å²) >= 11 is 0. The summed E-state index contributed by atoms with van der Waals surface area (Å²) in [5.41, 5.74) is 0.700. The zero-order valence-corrected chi connectivity index (χ0v) is 12.0. The maximum absolute atomic E-state index is 12.7. The van der Waals surface area contributed by atoms with Gasteiger partial charge in [-0.2, -0.15) is 5.10 Å². The second-order valence-corrected chi connectivity index (χ2v) is 5.99. The van der Waals surface area contributed by atoms with E-state index in [-0.39, 0.29) is 5.91 Å². The number of aromatic nitrogens is 2. The van der Waals surface area contributed by atoms with Gasteiger partial charge >= 0.3 is 0 Å². The minimum absolute atomic E-state index is 0.157. The van der Waals surface area contributed by atoms with Crippen LogP contribution < -0.4 is 5.32 Å². The lowest BCUT2D eigenvalue weighted by Gasteiger charge is -2.38. The van der Waals surface area contributed by atoms with Gasteiger partial charge < -0.3 is 10.2 Å². The Morgan fingerprint density at radius 3 is 2.80 bits per heavy atom. The Morgan fingerprint density at radius 2 is 2.05 bits per heavy atom. The molecule has 110 valence electrons. The molecule has 2 saturated heterocycles. The molecule has 2 aliphatic heterocycles. The Hall–Kier alpha value is -1.36. The van der Waals surface area contributed by atoms with Crippen LogP contribution in [-0.2, 0) is 0 Å². The number of carbonyl (C=O) groups is 1. The van der Waals surface area contributed by atoms with Crippen LogP contribution in [0.3, 0.4) is 0 Å². The average molecular weight is 276 g/mol. The van der Waals surface area contributed by atoms with Crippen molar-refractivity contribution in [3.05, 3.63) is 18.0 Å². The number of piperidine rings is 1. The number of amides is 1. The number of carbonyl (C=O) groups excluding carboxylic acids is 1. The standard InChI is InChI=1S/C15H24N4O/c20-15(13-10-17-18-11-13)19-9-3-1-2-4-14(19)12-5-7-16-8-6-12/h10-12,14,16H,1-9H2,(H,17,18). The van der Waals surface area contributed by atoms with Crippen molar-refractivity contribution in [2.45, 2.75) is 44.6 Å². The fraction of sp³-hybridized carbons (Fsp3) is 0.733. The van der Waals surface area contributed by atoms with Gasteiger partial charge in [0.25, 0.3) is 5.91 Å². The van der Waals surface area contributed by atoms with Crippen molar-refractivity contribution in [3.63, 3.8) is 0 Å². The first-order valence-corrected chi connectivity index (χ1v) is 7.87. The maximum atomic E-state index is 12.7. The summed E-state index contributed by atoms with van der Waals surface area (Å²) in [6, 6.07) is 0.419. The molecule has 0 aromatic carbocycles. The highest BCUT2D eigenvalue weighted by molar-refractivity contribution is 5.93. The Bertz CT molecular complexity index is 425. The highest BCUT2D eigenvalue weighted by Crippen LogP contribution is 2.29. The Balaban J connectivity index is 1.78. The second kappa shape index (κ2) is 6.39. The molecular weight excluding hydrogens is 252 g/mol. The minimum atomic E-state index is 0.157. The fourth-order valence-corrected chi connectivity index (χ4v) is 3.64. The summed E-state index contributed by atoms with van der Waals surface area (Å²) in [7, 11) is 0. The third kappa shape index (κ3) is 2.87. The molecule has 0 aliphatic carbocycles. The molecule has 20 heavy (non-hydrogen) atoms. The molecule has 0 bridgehead atoms. The van der Waals surface area contributed by atoms with Gasteiger partial charge in [0.2, 0.25) is 0 Å². The highest BCUT2D eigenvalue weighted by atomic mass is 16.2. The van der Waals surface area contributed by atoms with Crippen molar-refractivity contribution in [2.24, 2.45) is 5.92 Å². The summed E-state index contributed by atoms with van der Waals surface area (Å²) in [4.78, 5) is 14.8. The average Bonchev–Trinajstić information content (AvgIpc) is 2.92. The van der Waals surface area contributed by atoms with Gasteiger partial charge in [-0.1, -0.05) is 12.8 Å². The number of nitrogens with one attached hydrogen (secondary N) is 2. The van der Waals surface area contributed by atoms with E-state index >= 15 is 0 Å². The molecule has 3 heterocycles. The smallest absolute Gasteiger partial charge is 0.257 e. The number of nitrogens with zero attached hydrogens (tertiary/aromatic N) is 2. The van der Waals surface area contributed by atoms with E-state index in [1.807, 2.05) is 0 Å². The van der Waals surface area contributed by atoms with E-state index in [4.69, 9.17) is 0 Å². The van der Waals surface area contributed by atoms with Gasteiger partial charge in [-0.05, 0) is 44.7 Å². The quantitative estimate of drug-likeness (QED) is 0.866. The van der Waals surface area contributed by atoms with Crippen molar-refractivity contribution in [1.29, 1.82) is 0 Å². The molecule has 1 aromatic rings. The molecule has 2 fully saturated rings. The molecule has 5 nitrogen and oxygen atoms in total. The first kappa shape index (κ1) is 13.6. The van der Waals surface area contributed by atoms with E-state index < -0.39 is 0 Å². The lowest BCUT2D eigenvalue weighted by atomic mass is 9.86. The summed E-state index contributed by atoms with van der Waals surface area (Å²) < 4.78 is 0. The zero-order chi connectivity index (χ0) is 13.8. The summed E-state index contributed by atoms with van der Waals surface area (Å²) in [5.74, 6) is 0.814. The van der Waals surface area contributed by atoms with Gasteiger partial charge in [-0.15, -0.1) is 0 Å². The SMILES string of the molecule is O=C(c1cn[nH]c1)N1CCCCCC1C1CCNCC1. The Morgan fingerprint density at radius 1 is 1.20 bits per heavy atom. The van der Waals surface area contributed by atoms with E-state index in [1.165, 1.54) is 25.7 Å². The maximum Gasteiger partial charge on any atom is 0.257 e. The predicted octanol–water partition coefficient (Wildman–Crippen LogP) is 1.79. The number of rotatable bonds is 2. The van der Waals surface area contributed by atoms with Gasteiger partial charge in [0.1, 0.15) is 0 Å². The third-order valence-electron chi connectivity index (χ3n) is 4.73. The van der Waals surface area contributed by atoms with E-state index in [1.54, 1.807) is 12.4 Å².